The summed E-state index contributed by atoms with van der Waals surface area (Å²) >= 11 is 6.04. The third-order valence-electron chi connectivity index (χ3n) is 3.17. The van der Waals surface area contributed by atoms with Crippen LogP contribution in [0.15, 0.2) is 12.1 Å². The maximum Gasteiger partial charge on any atom is 0.247 e. The van der Waals surface area contributed by atoms with Crippen LogP contribution in [0, 0.1) is 6.92 Å². The second kappa shape index (κ2) is 5.09. The van der Waals surface area contributed by atoms with Crippen molar-refractivity contribution in [3.8, 4) is 5.75 Å². The third kappa shape index (κ3) is 2.38. The lowest BCUT2D eigenvalue weighted by Crippen LogP contribution is -2.57. The molecule has 1 unspecified atom stereocenters. The summed E-state index contributed by atoms with van der Waals surface area (Å²) in [6.07, 6.45) is 0. The van der Waals surface area contributed by atoms with Gasteiger partial charge < -0.3 is 10.1 Å². The van der Waals surface area contributed by atoms with Gasteiger partial charge in [-0.15, -0.1) is 0 Å². The fraction of sp³-hybridized carbons (Fsp3) is 0.385. The number of benzene rings is 1. The minimum atomic E-state index is -0.573. The van der Waals surface area contributed by atoms with Gasteiger partial charge in [-0.2, -0.15) is 0 Å². The van der Waals surface area contributed by atoms with Crippen LogP contribution in [0.4, 0.5) is 5.69 Å². The summed E-state index contributed by atoms with van der Waals surface area (Å²) in [6.45, 7) is 3.51. The van der Waals surface area contributed by atoms with E-state index in [4.69, 9.17) is 16.3 Å². The Kier molecular flexibility index (Phi) is 3.66. The van der Waals surface area contributed by atoms with Gasteiger partial charge in [0.15, 0.2) is 0 Å². The van der Waals surface area contributed by atoms with E-state index < -0.39 is 6.04 Å². The van der Waals surface area contributed by atoms with Crippen molar-refractivity contribution < 1.29 is 14.3 Å². The van der Waals surface area contributed by atoms with Crippen molar-refractivity contribution in [3.63, 3.8) is 0 Å². The summed E-state index contributed by atoms with van der Waals surface area (Å²) in [5.74, 6) is 0.117. The lowest BCUT2D eigenvalue weighted by Gasteiger charge is -2.33. The van der Waals surface area contributed by atoms with E-state index in [2.05, 4.69) is 5.32 Å². The maximum atomic E-state index is 12.0. The largest absolute Gasteiger partial charge is 0.495 e. The molecule has 1 aromatic carbocycles. The lowest BCUT2D eigenvalue weighted by atomic mass is 10.1. The minimum absolute atomic E-state index is 0.00595. The van der Waals surface area contributed by atoms with Crippen LogP contribution in [0.3, 0.4) is 0 Å². The number of rotatable bonds is 2. The molecule has 1 fully saturated rings. The number of hydrogen-bond donors (Lipinski definition) is 1. The molecule has 1 aliphatic heterocycles. The van der Waals surface area contributed by atoms with Gasteiger partial charge in [0.05, 0.1) is 19.3 Å². The van der Waals surface area contributed by atoms with Crippen molar-refractivity contribution in [2.45, 2.75) is 19.9 Å². The van der Waals surface area contributed by atoms with E-state index in [0.717, 1.165) is 5.56 Å². The molecule has 6 heteroatoms. The van der Waals surface area contributed by atoms with Gasteiger partial charge in [0.25, 0.3) is 0 Å². The maximum absolute atomic E-state index is 12.0. The van der Waals surface area contributed by atoms with Crippen LogP contribution in [-0.2, 0) is 9.59 Å². The molecule has 1 aromatic rings. The second-order valence-corrected chi connectivity index (χ2v) is 4.84. The van der Waals surface area contributed by atoms with Crippen molar-refractivity contribution in [2.24, 2.45) is 0 Å². The highest BCUT2D eigenvalue weighted by Gasteiger charge is 2.33. The zero-order valence-electron chi connectivity index (χ0n) is 11.0. The van der Waals surface area contributed by atoms with Crippen molar-refractivity contribution in [2.75, 3.05) is 18.6 Å². The number of nitrogens with zero attached hydrogens (tertiary/aromatic N) is 1. The number of anilines is 1. The second-order valence-electron chi connectivity index (χ2n) is 4.43. The molecule has 1 N–H and O–H groups in total. The van der Waals surface area contributed by atoms with Gasteiger partial charge in [-0.1, -0.05) is 11.6 Å². The van der Waals surface area contributed by atoms with Crippen LogP contribution in [0.5, 0.6) is 5.75 Å². The Morgan fingerprint density at radius 3 is 2.74 bits per heavy atom. The molecular weight excluding hydrogens is 268 g/mol. The summed E-state index contributed by atoms with van der Waals surface area (Å²) in [5.41, 5.74) is 1.39. The standard InChI is InChI=1S/C13H15ClN2O3/c1-7-4-10(11(19-3)5-9(7)14)16-8(2)13(18)15-6-12(16)17/h4-5,8H,6H2,1-3H3,(H,15,18). The van der Waals surface area contributed by atoms with Crippen LogP contribution >= 0.6 is 11.6 Å². The number of piperazine rings is 1. The zero-order chi connectivity index (χ0) is 14.2. The first-order valence-electron chi connectivity index (χ1n) is 5.89. The summed E-state index contributed by atoms with van der Waals surface area (Å²) in [6, 6.07) is 2.84. The van der Waals surface area contributed by atoms with Gasteiger partial charge >= 0.3 is 0 Å². The van der Waals surface area contributed by atoms with E-state index >= 15 is 0 Å². The molecule has 5 nitrogen and oxygen atoms in total. The molecule has 0 spiro atoms. The van der Waals surface area contributed by atoms with Crippen LogP contribution in [0.25, 0.3) is 0 Å². The van der Waals surface area contributed by atoms with Crippen molar-refractivity contribution in [3.05, 3.63) is 22.7 Å². The molecule has 2 rings (SSSR count). The molecule has 1 heterocycles. The predicted octanol–water partition coefficient (Wildman–Crippen LogP) is 1.51. The summed E-state index contributed by atoms with van der Waals surface area (Å²) < 4.78 is 5.26. The average Bonchev–Trinajstić information content (AvgIpc) is 2.38. The smallest absolute Gasteiger partial charge is 0.247 e. The van der Waals surface area contributed by atoms with E-state index in [-0.39, 0.29) is 18.4 Å². The van der Waals surface area contributed by atoms with E-state index in [1.807, 2.05) is 6.92 Å². The minimum Gasteiger partial charge on any atom is -0.495 e. The quantitative estimate of drug-likeness (QED) is 0.894. The number of nitrogens with one attached hydrogen (secondary N) is 1. The number of amides is 2. The Morgan fingerprint density at radius 2 is 2.11 bits per heavy atom. The molecule has 2 amide bonds. The van der Waals surface area contributed by atoms with E-state index in [9.17, 15) is 9.59 Å². The molecule has 102 valence electrons. The fourth-order valence-electron chi connectivity index (χ4n) is 2.07. The highest BCUT2D eigenvalue weighted by atomic mass is 35.5. The van der Waals surface area contributed by atoms with Gasteiger partial charge in [-0.05, 0) is 25.5 Å². The number of carbonyl (C=O) groups excluding carboxylic acids is 2. The first-order valence-corrected chi connectivity index (χ1v) is 6.27. The summed E-state index contributed by atoms with van der Waals surface area (Å²) in [4.78, 5) is 25.2. The zero-order valence-corrected chi connectivity index (χ0v) is 11.7. The molecule has 1 saturated heterocycles. The van der Waals surface area contributed by atoms with E-state index in [0.29, 0.717) is 16.5 Å². The predicted molar refractivity (Wildman–Crippen MR) is 72.7 cm³/mol. The first-order chi connectivity index (χ1) is 8.95. The van der Waals surface area contributed by atoms with Crippen LogP contribution in [0.2, 0.25) is 5.02 Å². The fourth-order valence-corrected chi connectivity index (χ4v) is 2.23. The Bertz CT molecular complexity index is 545. The monoisotopic (exact) mass is 282 g/mol. The topological polar surface area (TPSA) is 58.6 Å². The number of carbonyl (C=O) groups is 2. The first kappa shape index (κ1) is 13.7. The van der Waals surface area contributed by atoms with Crippen LogP contribution < -0.4 is 15.0 Å². The third-order valence-corrected chi connectivity index (χ3v) is 3.58. The van der Waals surface area contributed by atoms with Crippen molar-refractivity contribution in [1.29, 1.82) is 0 Å². The molecule has 19 heavy (non-hydrogen) atoms. The average molecular weight is 283 g/mol. The Balaban J connectivity index is 2.52. The van der Waals surface area contributed by atoms with E-state index in [1.54, 1.807) is 19.1 Å². The summed E-state index contributed by atoms with van der Waals surface area (Å²) in [5, 5.41) is 3.11. The molecule has 0 bridgehead atoms. The molecule has 0 saturated carbocycles. The van der Waals surface area contributed by atoms with Gasteiger partial charge in [-0.3, -0.25) is 14.5 Å². The molecule has 1 atom stereocenters. The van der Waals surface area contributed by atoms with E-state index in [1.165, 1.54) is 12.0 Å². The highest BCUT2D eigenvalue weighted by molar-refractivity contribution is 6.31. The van der Waals surface area contributed by atoms with Crippen LogP contribution in [0.1, 0.15) is 12.5 Å². The molecular formula is C13H15ClN2O3. The Labute approximate surface area is 116 Å². The van der Waals surface area contributed by atoms with Crippen LogP contribution in [-0.4, -0.2) is 31.5 Å². The molecule has 1 aliphatic rings. The van der Waals surface area contributed by atoms with Gasteiger partial charge in [0.2, 0.25) is 11.8 Å². The number of hydrogen-bond acceptors (Lipinski definition) is 3. The number of methoxy groups -OCH3 is 1. The SMILES string of the molecule is COc1cc(Cl)c(C)cc1N1C(=O)CNC(=O)C1C. The van der Waals surface area contributed by atoms with Crippen molar-refractivity contribution >= 4 is 29.1 Å². The van der Waals surface area contributed by atoms with Crippen molar-refractivity contribution in [1.82, 2.24) is 5.32 Å². The number of halogens is 1. The number of ether oxygens (including phenoxy) is 1. The normalized spacial score (nSPS) is 19.4. The van der Waals surface area contributed by atoms with Gasteiger partial charge in [-0.25, -0.2) is 0 Å². The summed E-state index contributed by atoms with van der Waals surface area (Å²) in [7, 11) is 1.50. The molecule has 0 radical (unpaired) electrons. The molecule has 0 aromatic heterocycles. The molecule has 0 aliphatic carbocycles. The lowest BCUT2D eigenvalue weighted by molar-refractivity contribution is -0.130. The Hall–Kier alpha value is -1.75. The highest BCUT2D eigenvalue weighted by Crippen LogP contribution is 2.35. The van der Waals surface area contributed by atoms with Gasteiger partial charge in [0.1, 0.15) is 11.8 Å². The van der Waals surface area contributed by atoms with Gasteiger partial charge in [0, 0.05) is 11.1 Å². The Morgan fingerprint density at radius 1 is 1.42 bits per heavy atom. The number of aryl methyl sites for hydroxylation is 1.